The van der Waals surface area contributed by atoms with E-state index in [9.17, 15) is 4.79 Å². The highest BCUT2D eigenvalue weighted by Gasteiger charge is 2.14. The quantitative estimate of drug-likeness (QED) is 0.856. The molecule has 0 spiro atoms. The molecule has 19 heavy (non-hydrogen) atoms. The third-order valence-corrected chi connectivity index (χ3v) is 2.89. The molecule has 2 N–H and O–H groups in total. The molecule has 0 fully saturated rings. The van der Waals surface area contributed by atoms with Crippen molar-refractivity contribution in [2.45, 2.75) is 26.9 Å². The van der Waals surface area contributed by atoms with Gasteiger partial charge < -0.3 is 14.8 Å². The zero-order valence-corrected chi connectivity index (χ0v) is 11.2. The fourth-order valence-corrected chi connectivity index (χ4v) is 1.99. The third-order valence-electron chi connectivity index (χ3n) is 2.89. The van der Waals surface area contributed by atoms with Gasteiger partial charge in [-0.3, -0.25) is 4.68 Å². The average Bonchev–Trinajstić information content (AvgIpc) is 2.83. The van der Waals surface area contributed by atoms with E-state index in [2.05, 4.69) is 10.4 Å². The van der Waals surface area contributed by atoms with E-state index >= 15 is 0 Å². The summed E-state index contributed by atoms with van der Waals surface area (Å²) in [6.07, 6.45) is 1.96. The van der Waals surface area contributed by atoms with E-state index in [0.29, 0.717) is 24.4 Å². The summed E-state index contributed by atoms with van der Waals surface area (Å²) >= 11 is 0. The molecule has 102 valence electrons. The molecule has 0 aliphatic carbocycles. The van der Waals surface area contributed by atoms with Crippen molar-refractivity contribution in [1.82, 2.24) is 15.1 Å². The van der Waals surface area contributed by atoms with Crippen LogP contribution in [-0.4, -0.2) is 20.9 Å². The van der Waals surface area contributed by atoms with Gasteiger partial charge in [-0.25, -0.2) is 4.79 Å². The van der Waals surface area contributed by atoms with Gasteiger partial charge in [-0.15, -0.1) is 0 Å². The first-order chi connectivity index (χ1) is 8.97. The van der Waals surface area contributed by atoms with Gasteiger partial charge in [-0.1, -0.05) is 0 Å². The minimum atomic E-state index is -1.04. The standard InChI is InChI=1S/C13H17N3O3/c1-8-4-11(19-12(8)13(17)18)6-14-5-10-7-16(3)15-9(10)2/h4,7,14H,5-6H2,1-3H3,(H,17,18). The molecule has 2 aromatic heterocycles. The van der Waals surface area contributed by atoms with Gasteiger partial charge in [0.05, 0.1) is 12.2 Å². The minimum absolute atomic E-state index is 0.00867. The number of aromatic nitrogens is 2. The molecule has 0 bridgehead atoms. The maximum absolute atomic E-state index is 10.9. The lowest BCUT2D eigenvalue weighted by molar-refractivity contribution is 0.0659. The highest BCUT2D eigenvalue weighted by molar-refractivity contribution is 5.86. The molecular weight excluding hydrogens is 246 g/mol. The average molecular weight is 263 g/mol. The predicted molar refractivity (Wildman–Crippen MR) is 68.9 cm³/mol. The molecule has 0 saturated heterocycles. The van der Waals surface area contributed by atoms with Crippen LogP contribution in [0.1, 0.15) is 33.1 Å². The molecular formula is C13H17N3O3. The van der Waals surface area contributed by atoms with Crippen molar-refractivity contribution in [3.05, 3.63) is 40.6 Å². The van der Waals surface area contributed by atoms with Crippen LogP contribution < -0.4 is 5.32 Å². The number of hydrogen-bond donors (Lipinski definition) is 2. The molecule has 6 nitrogen and oxygen atoms in total. The van der Waals surface area contributed by atoms with Crippen molar-refractivity contribution in [2.24, 2.45) is 7.05 Å². The first-order valence-electron chi connectivity index (χ1n) is 6.00. The Balaban J connectivity index is 1.94. The maximum atomic E-state index is 10.9. The number of carboxylic acid groups (broad SMARTS) is 1. The number of furan rings is 1. The van der Waals surface area contributed by atoms with E-state index in [0.717, 1.165) is 11.3 Å². The summed E-state index contributed by atoms with van der Waals surface area (Å²) in [7, 11) is 1.88. The van der Waals surface area contributed by atoms with E-state index in [1.54, 1.807) is 17.7 Å². The Kier molecular flexibility index (Phi) is 3.71. The summed E-state index contributed by atoms with van der Waals surface area (Å²) in [5.41, 5.74) is 2.74. The monoisotopic (exact) mass is 263 g/mol. The van der Waals surface area contributed by atoms with Crippen molar-refractivity contribution in [3.8, 4) is 0 Å². The van der Waals surface area contributed by atoms with E-state index in [-0.39, 0.29) is 5.76 Å². The van der Waals surface area contributed by atoms with Crippen LogP contribution in [0, 0.1) is 13.8 Å². The highest BCUT2D eigenvalue weighted by atomic mass is 16.4. The Bertz CT molecular complexity index is 598. The van der Waals surface area contributed by atoms with E-state index < -0.39 is 5.97 Å². The number of aryl methyl sites for hydroxylation is 3. The first-order valence-corrected chi connectivity index (χ1v) is 6.00. The van der Waals surface area contributed by atoms with Gasteiger partial charge in [-0.2, -0.15) is 5.10 Å². The normalized spacial score (nSPS) is 10.9. The third kappa shape index (κ3) is 3.03. The second kappa shape index (κ2) is 5.27. The molecule has 0 unspecified atom stereocenters. The predicted octanol–water partition coefficient (Wildman–Crippen LogP) is 1.62. The Morgan fingerprint density at radius 1 is 1.47 bits per heavy atom. The number of nitrogens with one attached hydrogen (secondary N) is 1. The highest BCUT2D eigenvalue weighted by Crippen LogP contribution is 2.14. The summed E-state index contributed by atoms with van der Waals surface area (Å²) in [4.78, 5) is 10.9. The fraction of sp³-hybridized carbons (Fsp3) is 0.385. The largest absolute Gasteiger partial charge is 0.475 e. The minimum Gasteiger partial charge on any atom is -0.475 e. The van der Waals surface area contributed by atoms with Crippen molar-refractivity contribution in [1.29, 1.82) is 0 Å². The molecule has 2 aromatic rings. The van der Waals surface area contributed by atoms with Gasteiger partial charge in [-0.05, 0) is 19.9 Å². The van der Waals surface area contributed by atoms with Crippen LogP contribution in [0.2, 0.25) is 0 Å². The van der Waals surface area contributed by atoms with Gasteiger partial charge in [0, 0.05) is 30.9 Å². The van der Waals surface area contributed by atoms with Crippen LogP contribution in [0.3, 0.4) is 0 Å². The lowest BCUT2D eigenvalue weighted by Gasteiger charge is -2.00. The van der Waals surface area contributed by atoms with Gasteiger partial charge >= 0.3 is 5.97 Å². The van der Waals surface area contributed by atoms with Crippen LogP contribution in [0.15, 0.2) is 16.7 Å². The fourth-order valence-electron chi connectivity index (χ4n) is 1.99. The van der Waals surface area contributed by atoms with Gasteiger partial charge in [0.15, 0.2) is 0 Å². The number of carboxylic acids is 1. The SMILES string of the molecule is Cc1cc(CNCc2cn(C)nc2C)oc1C(=O)O. The number of nitrogens with zero attached hydrogens (tertiary/aromatic N) is 2. The Hall–Kier alpha value is -2.08. The van der Waals surface area contributed by atoms with Crippen LogP contribution in [0.4, 0.5) is 0 Å². The molecule has 0 atom stereocenters. The smallest absolute Gasteiger partial charge is 0.372 e. The van der Waals surface area contributed by atoms with Gasteiger partial charge in [0.2, 0.25) is 5.76 Å². The van der Waals surface area contributed by atoms with Gasteiger partial charge in [0.1, 0.15) is 5.76 Å². The molecule has 0 amide bonds. The molecule has 0 saturated carbocycles. The summed E-state index contributed by atoms with van der Waals surface area (Å²) in [5.74, 6) is -0.405. The van der Waals surface area contributed by atoms with Gasteiger partial charge in [0.25, 0.3) is 0 Å². The summed E-state index contributed by atoms with van der Waals surface area (Å²) < 4.78 is 7.04. The van der Waals surface area contributed by atoms with Crippen molar-refractivity contribution < 1.29 is 14.3 Å². The second-order valence-corrected chi connectivity index (χ2v) is 4.55. The molecule has 2 heterocycles. The van der Waals surface area contributed by atoms with E-state index in [4.69, 9.17) is 9.52 Å². The van der Waals surface area contributed by atoms with Crippen molar-refractivity contribution >= 4 is 5.97 Å². The number of carbonyl (C=O) groups is 1. The van der Waals surface area contributed by atoms with Crippen LogP contribution in [0.25, 0.3) is 0 Å². The molecule has 0 aromatic carbocycles. The van der Waals surface area contributed by atoms with E-state index in [1.807, 2.05) is 20.2 Å². The summed E-state index contributed by atoms with van der Waals surface area (Å²) in [6.45, 7) is 4.84. The lowest BCUT2D eigenvalue weighted by Crippen LogP contribution is -2.12. The Labute approximate surface area is 111 Å². The number of hydrogen-bond acceptors (Lipinski definition) is 4. The molecule has 0 aliphatic heterocycles. The van der Waals surface area contributed by atoms with E-state index in [1.165, 1.54) is 0 Å². The van der Waals surface area contributed by atoms with Crippen LogP contribution >= 0.6 is 0 Å². The van der Waals surface area contributed by atoms with Crippen LogP contribution in [0.5, 0.6) is 0 Å². The number of rotatable bonds is 5. The first kappa shape index (κ1) is 13.4. The topological polar surface area (TPSA) is 80.3 Å². The lowest BCUT2D eigenvalue weighted by atomic mass is 10.2. The second-order valence-electron chi connectivity index (χ2n) is 4.55. The van der Waals surface area contributed by atoms with Crippen molar-refractivity contribution in [2.75, 3.05) is 0 Å². The molecule has 0 aliphatic rings. The summed E-state index contributed by atoms with van der Waals surface area (Å²) in [5, 5.41) is 16.4. The molecule has 6 heteroatoms. The maximum Gasteiger partial charge on any atom is 0.372 e. The Morgan fingerprint density at radius 2 is 2.21 bits per heavy atom. The van der Waals surface area contributed by atoms with Crippen LogP contribution in [-0.2, 0) is 20.1 Å². The zero-order valence-electron chi connectivity index (χ0n) is 11.2. The molecule has 2 rings (SSSR count). The molecule has 0 radical (unpaired) electrons. The summed E-state index contributed by atoms with van der Waals surface area (Å²) in [6, 6.07) is 1.74. The number of aromatic carboxylic acids is 1. The van der Waals surface area contributed by atoms with Crippen molar-refractivity contribution in [3.63, 3.8) is 0 Å². The zero-order chi connectivity index (χ0) is 14.0. The Morgan fingerprint density at radius 3 is 2.74 bits per heavy atom.